The normalized spacial score (nSPS) is 11.6. The van der Waals surface area contributed by atoms with E-state index in [2.05, 4.69) is 84.9 Å². The van der Waals surface area contributed by atoms with Crippen LogP contribution in [0.15, 0.2) is 180 Å². The molecule has 0 radical (unpaired) electrons. The van der Waals surface area contributed by atoms with Gasteiger partial charge in [0.2, 0.25) is 0 Å². The predicted molar refractivity (Wildman–Crippen MR) is 228 cm³/mol. The van der Waals surface area contributed by atoms with E-state index in [4.69, 9.17) is 29.3 Å². The third-order valence-electron chi connectivity index (χ3n) is 10.2. The number of furan rings is 1. The molecule has 7 aromatic carbocycles. The minimum absolute atomic E-state index is 0.585. The summed E-state index contributed by atoms with van der Waals surface area (Å²) in [5.74, 6) is 2.50. The minimum atomic E-state index is 0.585. The highest BCUT2D eigenvalue weighted by Crippen LogP contribution is 2.42. The summed E-state index contributed by atoms with van der Waals surface area (Å²) in [4.78, 5) is 25.3. The van der Waals surface area contributed by atoms with E-state index in [0.717, 1.165) is 82.2 Å². The minimum Gasteiger partial charge on any atom is -0.456 e. The monoisotopic (exact) mass is 735 g/mol. The molecule has 0 aliphatic carbocycles. The zero-order valence-electron chi connectivity index (χ0n) is 29.8. The number of fused-ring (bicyclic) bond motifs is 6. The van der Waals surface area contributed by atoms with Gasteiger partial charge in [0, 0.05) is 64.3 Å². The third kappa shape index (κ3) is 5.61. The summed E-state index contributed by atoms with van der Waals surface area (Å²) >= 11 is 1.76. The van der Waals surface area contributed by atoms with Crippen LogP contribution >= 0.6 is 11.3 Å². The Morgan fingerprint density at radius 3 is 1.61 bits per heavy atom. The number of thiophene rings is 1. The maximum Gasteiger partial charge on any atom is 0.164 e. The maximum absolute atomic E-state index is 6.24. The average Bonchev–Trinajstić information content (AvgIpc) is 3.85. The largest absolute Gasteiger partial charge is 0.456 e. The summed E-state index contributed by atoms with van der Waals surface area (Å²) in [5.41, 5.74) is 9.19. The molecule has 56 heavy (non-hydrogen) atoms. The number of rotatable bonds is 6. The Morgan fingerprint density at radius 1 is 0.339 bits per heavy atom. The van der Waals surface area contributed by atoms with Crippen molar-refractivity contribution in [3.63, 3.8) is 0 Å². The van der Waals surface area contributed by atoms with E-state index in [9.17, 15) is 0 Å². The molecule has 0 spiro atoms. The molecule has 11 rings (SSSR count). The molecule has 0 aliphatic heterocycles. The number of benzene rings is 7. The maximum atomic E-state index is 6.24. The Labute approximate surface area is 325 Å². The van der Waals surface area contributed by atoms with Gasteiger partial charge in [0.25, 0.3) is 0 Å². The summed E-state index contributed by atoms with van der Waals surface area (Å²) in [5, 5.41) is 4.46. The van der Waals surface area contributed by atoms with Crippen LogP contribution in [0.5, 0.6) is 0 Å². The second kappa shape index (κ2) is 13.2. The SMILES string of the molecule is c1ccc(-c2cc(-c3cccc4sc5cc(-c6nc(-c7ccccc7)nc(-c7ccc8c(c7)oc7ccccc78)n6)ccc5c34)nc(-c3ccccc3)n2)cc1. The van der Waals surface area contributed by atoms with Gasteiger partial charge >= 0.3 is 0 Å². The highest BCUT2D eigenvalue weighted by molar-refractivity contribution is 7.26. The molecule has 0 unspecified atom stereocenters. The third-order valence-corrected chi connectivity index (χ3v) is 11.3. The number of hydrogen-bond acceptors (Lipinski definition) is 7. The molecule has 4 heterocycles. The van der Waals surface area contributed by atoms with Gasteiger partial charge in [-0.3, -0.25) is 0 Å². The van der Waals surface area contributed by atoms with Crippen LogP contribution in [0, 0.1) is 0 Å². The number of para-hydroxylation sites is 1. The van der Waals surface area contributed by atoms with Gasteiger partial charge < -0.3 is 4.42 Å². The van der Waals surface area contributed by atoms with Crippen LogP contribution in [0.4, 0.5) is 0 Å². The first-order valence-electron chi connectivity index (χ1n) is 18.4. The molecule has 4 aromatic heterocycles. The summed E-state index contributed by atoms with van der Waals surface area (Å²) < 4.78 is 8.56. The fourth-order valence-corrected chi connectivity index (χ4v) is 8.62. The molecule has 0 saturated heterocycles. The lowest BCUT2D eigenvalue weighted by Gasteiger charge is -2.11. The van der Waals surface area contributed by atoms with E-state index in [1.165, 1.54) is 4.70 Å². The van der Waals surface area contributed by atoms with Crippen LogP contribution in [0.1, 0.15) is 0 Å². The van der Waals surface area contributed by atoms with Gasteiger partial charge in [-0.1, -0.05) is 140 Å². The van der Waals surface area contributed by atoms with Crippen LogP contribution in [-0.4, -0.2) is 24.9 Å². The quantitative estimate of drug-likeness (QED) is 0.169. The van der Waals surface area contributed by atoms with Gasteiger partial charge in [0.05, 0.1) is 11.4 Å². The Morgan fingerprint density at radius 2 is 0.893 bits per heavy atom. The first-order chi connectivity index (χ1) is 27.7. The molecule has 262 valence electrons. The zero-order valence-corrected chi connectivity index (χ0v) is 30.6. The van der Waals surface area contributed by atoms with Gasteiger partial charge in [-0.05, 0) is 36.4 Å². The lowest BCUT2D eigenvalue weighted by molar-refractivity contribution is 0.669. The molecule has 0 atom stereocenters. The molecule has 11 aromatic rings. The van der Waals surface area contributed by atoms with Crippen LogP contribution < -0.4 is 0 Å². The van der Waals surface area contributed by atoms with Crippen molar-refractivity contribution in [3.05, 3.63) is 176 Å². The van der Waals surface area contributed by atoms with Crippen molar-refractivity contribution in [1.82, 2.24) is 24.9 Å². The van der Waals surface area contributed by atoms with Crippen molar-refractivity contribution >= 4 is 53.4 Å². The molecule has 0 N–H and O–H groups in total. The summed E-state index contributed by atoms with van der Waals surface area (Å²) in [6.07, 6.45) is 0. The number of nitrogens with zero attached hydrogens (tertiary/aromatic N) is 5. The smallest absolute Gasteiger partial charge is 0.164 e. The Bertz CT molecular complexity index is 3190. The Hall–Kier alpha value is -7.35. The fraction of sp³-hybridized carbons (Fsp3) is 0. The van der Waals surface area contributed by atoms with E-state index < -0.39 is 0 Å². The molecule has 0 fully saturated rings. The van der Waals surface area contributed by atoms with Crippen LogP contribution in [0.3, 0.4) is 0 Å². The van der Waals surface area contributed by atoms with Crippen molar-refractivity contribution in [2.75, 3.05) is 0 Å². The van der Waals surface area contributed by atoms with Gasteiger partial charge in [0.1, 0.15) is 11.2 Å². The highest BCUT2D eigenvalue weighted by Gasteiger charge is 2.18. The van der Waals surface area contributed by atoms with E-state index in [1.54, 1.807) is 11.3 Å². The number of hydrogen-bond donors (Lipinski definition) is 0. The predicted octanol–water partition coefficient (Wildman–Crippen LogP) is 12.9. The topological polar surface area (TPSA) is 77.6 Å². The Kier molecular flexibility index (Phi) is 7.57. The lowest BCUT2D eigenvalue weighted by Crippen LogP contribution is -2.00. The molecule has 7 heteroatoms. The van der Waals surface area contributed by atoms with Crippen LogP contribution in [-0.2, 0) is 0 Å². The highest BCUT2D eigenvalue weighted by atomic mass is 32.1. The van der Waals surface area contributed by atoms with Crippen LogP contribution in [0.25, 0.3) is 110 Å². The molecular weight excluding hydrogens is 707 g/mol. The molecule has 6 nitrogen and oxygen atoms in total. The molecule has 0 saturated carbocycles. The summed E-state index contributed by atoms with van der Waals surface area (Å²) in [6, 6.07) is 59.9. The first-order valence-corrected chi connectivity index (χ1v) is 19.2. The van der Waals surface area contributed by atoms with Crippen molar-refractivity contribution in [3.8, 4) is 68.1 Å². The van der Waals surface area contributed by atoms with Gasteiger partial charge in [-0.25, -0.2) is 24.9 Å². The second-order valence-corrected chi connectivity index (χ2v) is 14.8. The second-order valence-electron chi connectivity index (χ2n) is 13.7. The standard InChI is InChI=1S/C49H29N5OS/c1-4-13-30(14-5-1)39-29-40(51-46(50-39)31-15-6-2-7-16-31)37-20-12-22-43-45(37)38-26-24-34(28-44(38)56-43)49-53-47(32-17-8-3-9-18-32)52-48(54-49)33-23-25-36-35-19-10-11-21-41(35)55-42(36)27-33/h1-29H. The van der Waals surface area contributed by atoms with E-state index in [1.807, 2.05) is 91.0 Å². The van der Waals surface area contributed by atoms with Crippen LogP contribution in [0.2, 0.25) is 0 Å². The fourth-order valence-electron chi connectivity index (χ4n) is 7.45. The lowest BCUT2D eigenvalue weighted by atomic mass is 10.0. The molecule has 0 amide bonds. The van der Waals surface area contributed by atoms with Crippen molar-refractivity contribution in [2.45, 2.75) is 0 Å². The average molecular weight is 736 g/mol. The summed E-state index contributed by atoms with van der Waals surface area (Å²) in [7, 11) is 0. The van der Waals surface area contributed by atoms with E-state index in [0.29, 0.717) is 23.3 Å². The Balaban J connectivity index is 1.06. The summed E-state index contributed by atoms with van der Waals surface area (Å²) in [6.45, 7) is 0. The van der Waals surface area contributed by atoms with Crippen molar-refractivity contribution in [2.24, 2.45) is 0 Å². The molecule has 0 bridgehead atoms. The van der Waals surface area contributed by atoms with Gasteiger partial charge in [-0.2, -0.15) is 0 Å². The van der Waals surface area contributed by atoms with Crippen molar-refractivity contribution in [1.29, 1.82) is 0 Å². The molecular formula is C49H29N5OS. The molecule has 0 aliphatic rings. The number of aromatic nitrogens is 5. The zero-order chi connectivity index (χ0) is 37.0. The van der Waals surface area contributed by atoms with Crippen molar-refractivity contribution < 1.29 is 4.42 Å². The van der Waals surface area contributed by atoms with Gasteiger partial charge in [0.15, 0.2) is 23.3 Å². The van der Waals surface area contributed by atoms with Gasteiger partial charge in [-0.15, -0.1) is 11.3 Å². The van der Waals surface area contributed by atoms with E-state index in [-0.39, 0.29) is 0 Å². The first kappa shape index (κ1) is 32.1. The van der Waals surface area contributed by atoms with E-state index >= 15 is 0 Å².